The third-order valence-electron chi connectivity index (χ3n) is 23.4. The summed E-state index contributed by atoms with van der Waals surface area (Å²) in [6.45, 7) is 16.5. The largest absolute Gasteiger partial charge is 0.457 e. The molecule has 0 amide bonds. The fourth-order valence-corrected chi connectivity index (χ4v) is 18.8. The summed E-state index contributed by atoms with van der Waals surface area (Å²) in [7, 11) is 0. The average Bonchev–Trinajstić information content (AvgIpc) is 1.52. The topological polar surface area (TPSA) is 24.9 Å². The number of benzene rings is 14. The first-order chi connectivity index (χ1) is 53.6. The van der Waals surface area contributed by atoms with Crippen LogP contribution in [-0.2, 0) is 27.1 Å². The van der Waals surface area contributed by atoms with Crippen molar-refractivity contribution in [3.63, 3.8) is 0 Å². The molecule has 111 heavy (non-hydrogen) atoms. The Morgan fingerprint density at radius 2 is 0.604 bits per heavy atom. The molecule has 0 N–H and O–H groups in total. The zero-order chi connectivity index (χ0) is 76.6. The van der Waals surface area contributed by atoms with Crippen LogP contribution in [0.25, 0.3) is 34.4 Å². The molecule has 12 heteroatoms. The van der Waals surface area contributed by atoms with Gasteiger partial charge < -0.3 is 19.3 Å². The monoisotopic (exact) mass is 1470 g/mol. The normalized spacial score (nSPS) is 17.6. The van der Waals surface area contributed by atoms with Crippen molar-refractivity contribution in [2.24, 2.45) is 0 Å². The predicted molar refractivity (Wildman–Crippen MR) is 426 cm³/mol. The van der Waals surface area contributed by atoms with Crippen LogP contribution >= 0.6 is 0 Å². The van der Waals surface area contributed by atoms with Gasteiger partial charge in [-0.1, -0.05) is 199 Å². The minimum Gasteiger partial charge on any atom is -0.457 e. The lowest BCUT2D eigenvalue weighted by Crippen LogP contribution is -2.29. The van der Waals surface area contributed by atoms with E-state index in [1.165, 1.54) is 36.4 Å². The molecule has 544 valence electrons. The molecular weight excluding hydrogens is 1400 g/mol. The van der Waals surface area contributed by atoms with E-state index < -0.39 is 73.6 Å². The maximum absolute atomic E-state index is 17.5. The van der Waals surface area contributed by atoms with Crippen LogP contribution in [0.5, 0.6) is 23.0 Å². The van der Waals surface area contributed by atoms with E-state index in [-0.39, 0.29) is 11.4 Å². The third kappa shape index (κ3) is 11.0. The molecule has 14 aromatic rings. The van der Waals surface area contributed by atoms with Gasteiger partial charge in [0.15, 0.2) is 34.9 Å². The fourth-order valence-electron chi connectivity index (χ4n) is 18.8. The van der Waals surface area contributed by atoms with E-state index in [0.29, 0.717) is 58.6 Å². The number of anilines is 6. The van der Waals surface area contributed by atoms with Gasteiger partial charge in [0.2, 0.25) is 0 Å². The maximum Gasteiger partial charge on any atom is 0.196 e. The van der Waals surface area contributed by atoms with E-state index in [2.05, 4.69) is 40.9 Å². The zero-order valence-electron chi connectivity index (χ0n) is 60.9. The highest BCUT2D eigenvalue weighted by Crippen LogP contribution is 2.66. The predicted octanol–water partition coefficient (Wildman–Crippen LogP) is 27.0. The summed E-state index contributed by atoms with van der Waals surface area (Å²) in [4.78, 5) is 3.25. The van der Waals surface area contributed by atoms with Gasteiger partial charge in [-0.25, -0.2) is 35.1 Å². The molecule has 4 aliphatic carbocycles. The lowest BCUT2D eigenvalue weighted by atomic mass is 9.67. The molecule has 0 aromatic heterocycles. The number of ether oxygens (including phenoxy) is 2. The molecule has 0 aliphatic heterocycles. The molecule has 2 atom stereocenters. The zero-order valence-corrected chi connectivity index (χ0v) is 60.9. The van der Waals surface area contributed by atoms with Crippen LogP contribution < -0.4 is 19.3 Å². The first-order valence-electron chi connectivity index (χ1n) is 36.8. The van der Waals surface area contributed by atoms with Crippen molar-refractivity contribution in [2.75, 3.05) is 9.80 Å². The summed E-state index contributed by atoms with van der Waals surface area (Å²) in [6, 6.07) is 87.1. The number of fused-ring (bicyclic) bond motifs is 10. The standard InChI is InChI=1S/C99H70F8N2O2/c1-7-59-17-37-71(38-18-59)110-73-41-25-63(26-42-73)98(61-21-29-65(100)30-22-61)79-15-11-9-13-75(79)77-45-33-67(53-83(77)98)108(89-51-49-87(102)91(104)93(89)106)69-35-47-81-85(55-69)97(57-95(81,3)4)58-96(5,6)82-48-36-70(56-86(82)97)109(90-52-50-88(103)92(105)94(90)107)68-34-46-78-76-14-10-12-16-80(76)99(84(78)54-68,62-23-31-66(101)32-24-62)64-27-43-74(44-28-64)111-72-39-19-60(8-2)20-40-72/h7-56H,1-2,57-58H2,3-6H3. The van der Waals surface area contributed by atoms with Crippen molar-refractivity contribution in [1.82, 2.24) is 0 Å². The molecule has 0 fully saturated rings. The maximum atomic E-state index is 17.5. The van der Waals surface area contributed by atoms with Gasteiger partial charge in [-0.05, 0) is 269 Å². The number of nitrogens with zero attached hydrogens (tertiary/aromatic N) is 2. The fraction of sp³-hybridized carbons (Fsp3) is 0.111. The highest BCUT2D eigenvalue weighted by molar-refractivity contribution is 5.92. The van der Waals surface area contributed by atoms with E-state index in [9.17, 15) is 0 Å². The number of halogens is 8. The summed E-state index contributed by atoms with van der Waals surface area (Å²) < 4.78 is 142. The number of rotatable bonds is 16. The second-order valence-corrected chi connectivity index (χ2v) is 30.6. The SMILES string of the molecule is C=Cc1ccc(Oc2ccc(C3(c4ccc(F)cc4)c4ccccc4-c4ccc(N(c5ccc6c(c5)C5(CC6(C)C)CC(C)(C)c6ccc(N(c7ccc8c(c7)C(c7ccc(F)cc7)(c7ccc(Oc9ccc(C=C)cc9)cc7)c7ccccc7-8)c7ccc(F)c(F)c7F)cc65)c5ccc(F)c(F)c5F)cc43)cc2)cc1. The molecule has 4 aliphatic rings. The van der Waals surface area contributed by atoms with Gasteiger partial charge in [0.25, 0.3) is 0 Å². The van der Waals surface area contributed by atoms with Gasteiger partial charge in [-0.2, -0.15) is 0 Å². The summed E-state index contributed by atoms with van der Waals surface area (Å²) in [5, 5.41) is 0. The van der Waals surface area contributed by atoms with E-state index in [1.54, 1.807) is 46.2 Å². The van der Waals surface area contributed by atoms with Crippen molar-refractivity contribution in [3.8, 4) is 45.3 Å². The summed E-state index contributed by atoms with van der Waals surface area (Å²) in [6.07, 6.45) is 4.60. The molecule has 2 unspecified atom stereocenters. The second-order valence-electron chi connectivity index (χ2n) is 30.6. The molecule has 18 rings (SSSR count). The number of hydrogen-bond acceptors (Lipinski definition) is 4. The Bertz CT molecular complexity index is 5740. The van der Waals surface area contributed by atoms with Crippen LogP contribution in [0, 0.1) is 46.5 Å². The summed E-state index contributed by atoms with van der Waals surface area (Å²) >= 11 is 0. The minimum absolute atomic E-state index is 0.276. The van der Waals surface area contributed by atoms with Crippen molar-refractivity contribution in [2.45, 2.75) is 67.6 Å². The molecule has 4 nitrogen and oxygen atoms in total. The van der Waals surface area contributed by atoms with Crippen molar-refractivity contribution < 1.29 is 44.6 Å². The van der Waals surface area contributed by atoms with Gasteiger partial charge in [-0.15, -0.1) is 0 Å². The molecule has 0 heterocycles. The van der Waals surface area contributed by atoms with Crippen molar-refractivity contribution in [3.05, 3.63) is 429 Å². The van der Waals surface area contributed by atoms with Crippen LogP contribution in [0.4, 0.5) is 69.2 Å². The first-order valence-corrected chi connectivity index (χ1v) is 36.8. The second kappa shape index (κ2) is 26.2. The molecular formula is C99H70F8N2O2. The molecule has 14 aromatic carbocycles. The molecule has 0 saturated carbocycles. The highest BCUT2D eigenvalue weighted by atomic mass is 19.2. The van der Waals surface area contributed by atoms with Gasteiger partial charge in [-0.3, -0.25) is 0 Å². The Balaban J connectivity index is 0.807. The number of hydrogen-bond donors (Lipinski definition) is 0. The van der Waals surface area contributed by atoms with Gasteiger partial charge in [0, 0.05) is 28.2 Å². The Morgan fingerprint density at radius 3 is 0.955 bits per heavy atom. The van der Waals surface area contributed by atoms with E-state index >= 15 is 35.1 Å². The summed E-state index contributed by atoms with van der Waals surface area (Å²) in [5.74, 6) is -7.43. The Morgan fingerprint density at radius 1 is 0.297 bits per heavy atom. The van der Waals surface area contributed by atoms with Crippen LogP contribution in [0.3, 0.4) is 0 Å². The lowest BCUT2D eigenvalue weighted by molar-refractivity contribution is 0.349. The summed E-state index contributed by atoms with van der Waals surface area (Å²) in [5.41, 5.74) is 12.1. The van der Waals surface area contributed by atoms with E-state index in [1.807, 2.05) is 218 Å². The van der Waals surface area contributed by atoms with Gasteiger partial charge in [0.05, 0.1) is 22.2 Å². The smallest absolute Gasteiger partial charge is 0.196 e. The molecule has 0 radical (unpaired) electrons. The highest BCUT2D eigenvalue weighted by Gasteiger charge is 2.57. The van der Waals surface area contributed by atoms with Crippen molar-refractivity contribution in [1.29, 1.82) is 0 Å². The molecule has 1 spiro atoms. The third-order valence-corrected chi connectivity index (χ3v) is 23.4. The van der Waals surface area contributed by atoms with Crippen molar-refractivity contribution >= 4 is 46.3 Å². The Kier molecular flexibility index (Phi) is 16.5. The van der Waals surface area contributed by atoms with Crippen LogP contribution in [0.15, 0.2) is 304 Å². The van der Waals surface area contributed by atoms with E-state index in [4.69, 9.17) is 9.47 Å². The molecule has 0 bridgehead atoms. The van der Waals surface area contributed by atoms with Gasteiger partial charge in [0.1, 0.15) is 34.6 Å². The Labute approximate surface area is 638 Å². The molecule has 0 saturated heterocycles. The Hall–Kier alpha value is -12.8. The van der Waals surface area contributed by atoms with E-state index in [0.717, 1.165) is 112 Å². The van der Waals surface area contributed by atoms with Crippen LogP contribution in [0.2, 0.25) is 0 Å². The van der Waals surface area contributed by atoms with Crippen LogP contribution in [-0.4, -0.2) is 0 Å². The van der Waals surface area contributed by atoms with Crippen LogP contribution in [0.1, 0.15) is 118 Å². The quantitative estimate of drug-likeness (QED) is 0.0711. The first kappa shape index (κ1) is 69.9. The lowest BCUT2D eigenvalue weighted by Gasteiger charge is -2.35. The minimum atomic E-state index is -1.66. The average molecular weight is 1470 g/mol. The van der Waals surface area contributed by atoms with Gasteiger partial charge >= 0.3 is 0 Å².